The summed E-state index contributed by atoms with van der Waals surface area (Å²) in [5.41, 5.74) is -0.735. The van der Waals surface area contributed by atoms with E-state index < -0.39 is 21.5 Å². The fourth-order valence-corrected chi connectivity index (χ4v) is 0.936. The van der Waals surface area contributed by atoms with Gasteiger partial charge in [-0.1, -0.05) is 11.6 Å². The lowest BCUT2D eigenvalue weighted by Crippen LogP contribution is -1.90. The Labute approximate surface area is 77.5 Å². The largest absolute Gasteiger partial charge is 0.280 e. The first-order valence-corrected chi connectivity index (χ1v) is 3.45. The van der Waals surface area contributed by atoms with E-state index in [1.807, 2.05) is 0 Å². The van der Waals surface area contributed by atoms with Crippen LogP contribution in [0, 0.1) is 22.5 Å². The van der Waals surface area contributed by atoms with Crippen LogP contribution in [0.2, 0.25) is 5.02 Å². The van der Waals surface area contributed by atoms with Gasteiger partial charge in [0.05, 0.1) is 11.5 Å². The number of nitro benzene ring substituents is 1. The molecule has 0 aliphatic heterocycles. The van der Waals surface area contributed by atoms with Crippen LogP contribution in [0.1, 0.15) is 0 Å². The van der Waals surface area contributed by atoms with Crippen LogP contribution in [0.3, 0.4) is 0 Å². The van der Waals surface area contributed by atoms with Crippen molar-refractivity contribution in [2.45, 2.75) is 0 Å². The van der Waals surface area contributed by atoms with Gasteiger partial charge in [-0.05, 0) is 6.07 Å². The van der Waals surface area contributed by atoms with Gasteiger partial charge >= 0.3 is 0 Å². The van der Waals surface area contributed by atoms with E-state index in [9.17, 15) is 14.5 Å². The molecule has 0 aromatic heterocycles. The van der Waals surface area contributed by atoms with Crippen molar-refractivity contribution in [3.8, 4) is 0 Å². The van der Waals surface area contributed by atoms with E-state index in [1.54, 1.807) is 0 Å². The van der Waals surface area contributed by atoms with Crippen molar-refractivity contribution < 1.29 is 9.31 Å². The molecule has 0 aliphatic rings. The summed E-state index contributed by atoms with van der Waals surface area (Å²) < 4.78 is 12.8. The van der Waals surface area contributed by atoms with E-state index >= 15 is 0 Å². The molecule has 6 heteroatoms. The van der Waals surface area contributed by atoms with Crippen LogP contribution in [0.25, 0.3) is 4.85 Å². The second-order valence-corrected chi connectivity index (χ2v) is 2.51. The molecule has 1 aromatic rings. The summed E-state index contributed by atoms with van der Waals surface area (Å²) in [5, 5.41) is 9.72. The second kappa shape index (κ2) is 3.37. The molecule has 0 aliphatic carbocycles. The SMILES string of the molecule is [C-]#[N+]c1cc(F)c(Cl)c([N+](=O)[O-])c1. The quantitative estimate of drug-likeness (QED) is 0.398. The highest BCUT2D eigenvalue weighted by Gasteiger charge is 2.17. The molecular weight excluding hydrogens is 199 g/mol. The summed E-state index contributed by atoms with van der Waals surface area (Å²) in [6.07, 6.45) is 0. The number of nitro groups is 1. The van der Waals surface area contributed by atoms with Crippen LogP contribution in [-0.2, 0) is 0 Å². The average Bonchev–Trinajstić information content (AvgIpc) is 2.09. The molecule has 0 amide bonds. The van der Waals surface area contributed by atoms with Crippen molar-refractivity contribution in [2.75, 3.05) is 0 Å². The minimum Gasteiger partial charge on any atom is -0.258 e. The molecule has 0 radical (unpaired) electrons. The van der Waals surface area contributed by atoms with Crippen molar-refractivity contribution in [3.05, 3.63) is 44.5 Å². The molecule has 13 heavy (non-hydrogen) atoms. The predicted molar refractivity (Wildman–Crippen MR) is 44.3 cm³/mol. The molecular formula is C7H2ClFN2O2. The Morgan fingerprint density at radius 1 is 1.62 bits per heavy atom. The van der Waals surface area contributed by atoms with Crippen LogP contribution in [-0.4, -0.2) is 4.92 Å². The van der Waals surface area contributed by atoms with Gasteiger partial charge in [0, 0.05) is 6.07 Å². The van der Waals surface area contributed by atoms with Gasteiger partial charge in [-0.25, -0.2) is 9.24 Å². The Hall–Kier alpha value is -1.67. The minimum absolute atomic E-state index is 0.145. The minimum atomic E-state index is -0.957. The summed E-state index contributed by atoms with van der Waals surface area (Å²) in [7, 11) is 0. The number of nitrogens with zero attached hydrogens (tertiary/aromatic N) is 2. The molecule has 1 aromatic carbocycles. The van der Waals surface area contributed by atoms with Gasteiger partial charge in [0.25, 0.3) is 5.69 Å². The molecule has 0 unspecified atom stereocenters. The monoisotopic (exact) mass is 200 g/mol. The van der Waals surface area contributed by atoms with E-state index in [2.05, 4.69) is 4.85 Å². The summed E-state index contributed by atoms with van der Waals surface area (Å²) in [4.78, 5) is 12.3. The van der Waals surface area contributed by atoms with Crippen molar-refractivity contribution in [1.29, 1.82) is 0 Å². The lowest BCUT2D eigenvalue weighted by molar-refractivity contribution is -0.384. The van der Waals surface area contributed by atoms with E-state index in [1.165, 1.54) is 0 Å². The second-order valence-electron chi connectivity index (χ2n) is 2.13. The number of rotatable bonds is 1. The molecule has 0 saturated carbocycles. The zero-order valence-corrected chi connectivity index (χ0v) is 6.88. The maximum absolute atomic E-state index is 12.8. The van der Waals surface area contributed by atoms with Crippen LogP contribution in [0.4, 0.5) is 15.8 Å². The maximum Gasteiger partial charge on any atom is 0.280 e. The van der Waals surface area contributed by atoms with Gasteiger partial charge in [-0.2, -0.15) is 0 Å². The van der Waals surface area contributed by atoms with Gasteiger partial charge < -0.3 is 0 Å². The Morgan fingerprint density at radius 3 is 2.69 bits per heavy atom. The smallest absolute Gasteiger partial charge is 0.258 e. The lowest BCUT2D eigenvalue weighted by atomic mass is 10.3. The third kappa shape index (κ3) is 1.73. The maximum atomic E-state index is 12.8. The van der Waals surface area contributed by atoms with Gasteiger partial charge in [-0.3, -0.25) is 10.1 Å². The highest BCUT2D eigenvalue weighted by Crippen LogP contribution is 2.31. The number of hydrogen-bond acceptors (Lipinski definition) is 2. The first-order chi connectivity index (χ1) is 6.06. The van der Waals surface area contributed by atoms with Crippen LogP contribution in [0.15, 0.2) is 12.1 Å². The van der Waals surface area contributed by atoms with E-state index in [-0.39, 0.29) is 5.69 Å². The van der Waals surface area contributed by atoms with Gasteiger partial charge in [0.1, 0.15) is 5.82 Å². The fraction of sp³-hybridized carbons (Fsp3) is 0. The Balaban J connectivity index is 3.44. The third-order valence-corrected chi connectivity index (χ3v) is 1.69. The summed E-state index contributed by atoms with van der Waals surface area (Å²) in [6.45, 7) is 6.54. The molecule has 1 rings (SSSR count). The highest BCUT2D eigenvalue weighted by molar-refractivity contribution is 6.32. The Kier molecular flexibility index (Phi) is 2.44. The van der Waals surface area contributed by atoms with E-state index in [4.69, 9.17) is 18.2 Å². The first kappa shape index (κ1) is 9.42. The standard InChI is InChI=1S/C7H2ClFN2O2/c1-10-4-2-5(9)7(8)6(3-4)11(12)13/h2-3H. The van der Waals surface area contributed by atoms with Crippen molar-refractivity contribution in [2.24, 2.45) is 0 Å². The summed E-state index contributed by atoms with van der Waals surface area (Å²) >= 11 is 5.30. The van der Waals surface area contributed by atoms with Crippen LogP contribution >= 0.6 is 11.6 Å². The van der Waals surface area contributed by atoms with Gasteiger partial charge in [-0.15, -0.1) is 0 Å². The van der Waals surface area contributed by atoms with Crippen molar-refractivity contribution in [3.63, 3.8) is 0 Å². The van der Waals surface area contributed by atoms with Crippen LogP contribution < -0.4 is 0 Å². The molecule has 0 fully saturated rings. The van der Waals surface area contributed by atoms with E-state index in [0.29, 0.717) is 0 Å². The topological polar surface area (TPSA) is 47.5 Å². The van der Waals surface area contributed by atoms with E-state index in [0.717, 1.165) is 12.1 Å². The van der Waals surface area contributed by atoms with Crippen molar-refractivity contribution in [1.82, 2.24) is 0 Å². The molecule has 0 heterocycles. The van der Waals surface area contributed by atoms with Crippen molar-refractivity contribution >= 4 is 23.0 Å². The first-order valence-electron chi connectivity index (χ1n) is 3.07. The predicted octanol–water partition coefficient (Wildman–Crippen LogP) is 2.94. The fourth-order valence-electron chi connectivity index (χ4n) is 0.758. The molecule has 0 spiro atoms. The Bertz CT molecular complexity index is 414. The lowest BCUT2D eigenvalue weighted by Gasteiger charge is -1.96. The molecule has 0 atom stereocenters. The zero-order valence-electron chi connectivity index (χ0n) is 6.12. The zero-order chi connectivity index (χ0) is 10.0. The third-order valence-electron chi connectivity index (χ3n) is 1.32. The van der Waals surface area contributed by atoms with Gasteiger partial charge in [0.15, 0.2) is 10.7 Å². The number of benzene rings is 1. The number of hydrogen-bond donors (Lipinski definition) is 0. The number of halogens is 2. The molecule has 0 saturated heterocycles. The molecule has 0 bridgehead atoms. The summed E-state index contributed by atoms with van der Waals surface area (Å²) in [5.74, 6) is -0.957. The normalized spacial score (nSPS) is 9.31. The molecule has 4 nitrogen and oxygen atoms in total. The highest BCUT2D eigenvalue weighted by atomic mass is 35.5. The average molecular weight is 201 g/mol. The van der Waals surface area contributed by atoms with Crippen LogP contribution in [0.5, 0.6) is 0 Å². The Morgan fingerprint density at radius 2 is 2.23 bits per heavy atom. The molecule has 0 N–H and O–H groups in total. The summed E-state index contributed by atoms with van der Waals surface area (Å²) in [6, 6.07) is 1.78. The molecule has 66 valence electrons. The van der Waals surface area contributed by atoms with Gasteiger partial charge in [0.2, 0.25) is 0 Å².